The monoisotopic (exact) mass is 489 g/mol. The second kappa shape index (κ2) is 9.57. The molecule has 1 atom stereocenters. The second-order valence-corrected chi connectivity index (χ2v) is 11.4. The molecule has 0 aliphatic heterocycles. The lowest BCUT2D eigenvalue weighted by molar-refractivity contribution is -0.118. The van der Waals surface area contributed by atoms with E-state index in [1.54, 1.807) is 22.0 Å². The fourth-order valence-corrected chi connectivity index (χ4v) is 6.36. The van der Waals surface area contributed by atoms with Gasteiger partial charge in [-0.3, -0.25) is 14.2 Å². The summed E-state index contributed by atoms with van der Waals surface area (Å²) < 4.78 is 1.62. The fourth-order valence-electron chi connectivity index (χ4n) is 3.92. The summed E-state index contributed by atoms with van der Waals surface area (Å²) in [6.07, 6.45) is 2.99. The first kappa shape index (κ1) is 23.3. The van der Waals surface area contributed by atoms with Crippen LogP contribution >= 0.6 is 34.7 Å². The molecule has 1 aliphatic carbocycles. The molecule has 1 amide bonds. The molecule has 1 unspecified atom stereocenters. The van der Waals surface area contributed by atoms with Gasteiger partial charge in [0.1, 0.15) is 4.83 Å². The minimum atomic E-state index is -0.0768. The minimum Gasteiger partial charge on any atom is -0.355 e. The number of nitrogens with zero attached hydrogens (tertiary/aromatic N) is 2. The summed E-state index contributed by atoms with van der Waals surface area (Å²) in [6, 6.07) is 5.60. The van der Waals surface area contributed by atoms with E-state index >= 15 is 0 Å². The average Bonchev–Trinajstić information content (AvgIpc) is 3.10. The molecule has 4 rings (SSSR count). The number of amides is 1. The van der Waals surface area contributed by atoms with Crippen LogP contribution in [0.15, 0.2) is 28.2 Å². The summed E-state index contributed by atoms with van der Waals surface area (Å²) in [5.74, 6) is 1.14. The largest absolute Gasteiger partial charge is 0.355 e. The lowest BCUT2D eigenvalue weighted by Gasteiger charge is -2.18. The molecule has 32 heavy (non-hydrogen) atoms. The van der Waals surface area contributed by atoms with Crippen LogP contribution in [-0.2, 0) is 17.6 Å². The Labute approximate surface area is 201 Å². The van der Waals surface area contributed by atoms with Crippen molar-refractivity contribution in [1.29, 1.82) is 0 Å². The molecule has 8 heteroatoms. The third-order valence-electron chi connectivity index (χ3n) is 5.75. The number of thiophene rings is 1. The molecule has 1 aliphatic rings. The standard InChI is InChI=1S/C24H28ClN3O2S2/c1-13(2)11-26-20(29)12-31-24-27-22-21(17-8-5-14(3)9-19(17)32-22)23(30)28(24)16-7-6-15(4)18(25)10-16/h6-7,10,13-14H,5,8-9,11-12H2,1-4H3,(H,26,29). The molecule has 0 saturated heterocycles. The van der Waals surface area contributed by atoms with Crippen LogP contribution in [0.1, 0.15) is 43.2 Å². The van der Waals surface area contributed by atoms with Crippen LogP contribution in [0.25, 0.3) is 15.9 Å². The fraction of sp³-hybridized carbons (Fsp3) is 0.458. The molecule has 0 bridgehead atoms. The molecule has 1 N–H and O–H groups in total. The van der Waals surface area contributed by atoms with Gasteiger partial charge in [-0.15, -0.1) is 11.3 Å². The van der Waals surface area contributed by atoms with E-state index in [0.29, 0.717) is 34.2 Å². The number of fused-ring (bicyclic) bond motifs is 3. The molecular weight excluding hydrogens is 462 g/mol. The molecule has 2 heterocycles. The Morgan fingerprint density at radius 3 is 2.91 bits per heavy atom. The summed E-state index contributed by atoms with van der Waals surface area (Å²) in [4.78, 5) is 33.1. The Bertz CT molecular complexity index is 1230. The molecule has 5 nitrogen and oxygen atoms in total. The second-order valence-electron chi connectivity index (χ2n) is 8.99. The number of aromatic nitrogens is 2. The van der Waals surface area contributed by atoms with Crippen molar-refractivity contribution in [1.82, 2.24) is 14.9 Å². The Morgan fingerprint density at radius 2 is 2.19 bits per heavy atom. The van der Waals surface area contributed by atoms with E-state index in [-0.39, 0.29) is 17.2 Å². The molecule has 2 aromatic heterocycles. The van der Waals surface area contributed by atoms with Crippen molar-refractivity contribution in [3.05, 3.63) is 49.6 Å². The zero-order chi connectivity index (χ0) is 23.0. The number of carbonyl (C=O) groups excluding carboxylic acids is 1. The first-order valence-corrected chi connectivity index (χ1v) is 13.2. The van der Waals surface area contributed by atoms with Crippen molar-refractivity contribution in [2.24, 2.45) is 11.8 Å². The number of halogens is 1. The number of nitrogens with one attached hydrogen (secondary N) is 1. The zero-order valence-corrected chi connectivity index (χ0v) is 21.2. The first-order chi connectivity index (χ1) is 15.2. The Morgan fingerprint density at radius 1 is 1.41 bits per heavy atom. The topological polar surface area (TPSA) is 64.0 Å². The molecule has 0 radical (unpaired) electrons. The number of thioether (sulfide) groups is 1. The Balaban J connectivity index is 1.80. The molecule has 0 saturated carbocycles. The maximum absolute atomic E-state index is 13.8. The molecule has 0 fully saturated rings. The van der Waals surface area contributed by atoms with E-state index in [9.17, 15) is 9.59 Å². The number of aryl methyl sites for hydroxylation is 2. The predicted octanol–water partition coefficient (Wildman–Crippen LogP) is 5.40. The van der Waals surface area contributed by atoms with Gasteiger partial charge in [0.05, 0.1) is 16.8 Å². The zero-order valence-electron chi connectivity index (χ0n) is 18.8. The van der Waals surface area contributed by atoms with E-state index in [4.69, 9.17) is 16.6 Å². The number of hydrogen-bond donors (Lipinski definition) is 1. The number of rotatable bonds is 6. The van der Waals surface area contributed by atoms with Crippen LogP contribution in [0.3, 0.4) is 0 Å². The summed E-state index contributed by atoms with van der Waals surface area (Å²) in [6.45, 7) is 8.93. The van der Waals surface area contributed by atoms with Crippen molar-refractivity contribution >= 4 is 50.8 Å². The molecule has 3 aromatic rings. The number of hydrogen-bond acceptors (Lipinski definition) is 5. The van der Waals surface area contributed by atoms with Gasteiger partial charge >= 0.3 is 0 Å². The van der Waals surface area contributed by atoms with Crippen LogP contribution < -0.4 is 10.9 Å². The molecular formula is C24H28ClN3O2S2. The van der Waals surface area contributed by atoms with Gasteiger partial charge in [0.2, 0.25) is 5.91 Å². The molecule has 0 spiro atoms. The first-order valence-electron chi connectivity index (χ1n) is 11.0. The lowest BCUT2D eigenvalue weighted by Crippen LogP contribution is -2.29. The van der Waals surface area contributed by atoms with Gasteiger partial charge in [0, 0.05) is 16.4 Å². The van der Waals surface area contributed by atoms with Gasteiger partial charge in [-0.25, -0.2) is 4.98 Å². The normalized spacial score (nSPS) is 15.9. The third kappa shape index (κ3) is 4.75. The predicted molar refractivity (Wildman–Crippen MR) is 135 cm³/mol. The SMILES string of the molecule is Cc1ccc(-n2c(SCC(=O)NCC(C)C)nc3sc4c(c3c2=O)CCC(C)C4)cc1Cl. The van der Waals surface area contributed by atoms with Gasteiger partial charge in [0.15, 0.2) is 5.16 Å². The summed E-state index contributed by atoms with van der Waals surface area (Å²) in [5, 5.41) is 4.78. The van der Waals surface area contributed by atoms with Crippen molar-refractivity contribution in [2.45, 2.75) is 52.1 Å². The molecule has 170 valence electrons. The molecule has 1 aromatic carbocycles. The van der Waals surface area contributed by atoms with Gasteiger partial charge in [-0.1, -0.05) is 50.2 Å². The number of carbonyl (C=O) groups is 1. The minimum absolute atomic E-state index is 0.0640. The van der Waals surface area contributed by atoms with Crippen LogP contribution in [0.4, 0.5) is 0 Å². The van der Waals surface area contributed by atoms with E-state index in [1.165, 1.54) is 16.6 Å². The van der Waals surface area contributed by atoms with Crippen LogP contribution in [0, 0.1) is 18.8 Å². The van der Waals surface area contributed by atoms with Crippen molar-refractivity contribution in [3.8, 4) is 5.69 Å². The van der Waals surface area contributed by atoms with Gasteiger partial charge in [-0.05, 0) is 61.3 Å². The van der Waals surface area contributed by atoms with Crippen molar-refractivity contribution in [2.75, 3.05) is 12.3 Å². The highest BCUT2D eigenvalue weighted by Gasteiger charge is 2.25. The highest BCUT2D eigenvalue weighted by molar-refractivity contribution is 7.99. The van der Waals surface area contributed by atoms with Crippen LogP contribution in [0.5, 0.6) is 0 Å². The van der Waals surface area contributed by atoms with Gasteiger partial charge in [-0.2, -0.15) is 0 Å². The smallest absolute Gasteiger partial charge is 0.267 e. The van der Waals surface area contributed by atoms with Crippen LogP contribution in [-0.4, -0.2) is 27.8 Å². The highest BCUT2D eigenvalue weighted by atomic mass is 35.5. The van der Waals surface area contributed by atoms with E-state index in [1.807, 2.05) is 19.1 Å². The van der Waals surface area contributed by atoms with Crippen LogP contribution in [0.2, 0.25) is 5.02 Å². The van der Waals surface area contributed by atoms with E-state index < -0.39 is 0 Å². The Hall–Kier alpha value is -1.83. The average molecular weight is 490 g/mol. The lowest BCUT2D eigenvalue weighted by atomic mass is 9.89. The van der Waals surface area contributed by atoms with Gasteiger partial charge in [0.25, 0.3) is 5.56 Å². The quantitative estimate of drug-likeness (QED) is 0.372. The van der Waals surface area contributed by atoms with E-state index in [2.05, 4.69) is 26.1 Å². The summed E-state index contributed by atoms with van der Waals surface area (Å²) in [5.41, 5.74) is 2.70. The van der Waals surface area contributed by atoms with Crippen molar-refractivity contribution < 1.29 is 4.79 Å². The van der Waals surface area contributed by atoms with Gasteiger partial charge < -0.3 is 5.32 Å². The number of benzene rings is 1. The Kier molecular flexibility index (Phi) is 6.98. The third-order valence-corrected chi connectivity index (χ3v) is 8.25. The van der Waals surface area contributed by atoms with Crippen molar-refractivity contribution in [3.63, 3.8) is 0 Å². The summed E-state index contributed by atoms with van der Waals surface area (Å²) in [7, 11) is 0. The summed E-state index contributed by atoms with van der Waals surface area (Å²) >= 11 is 9.31. The van der Waals surface area contributed by atoms with E-state index in [0.717, 1.165) is 40.6 Å². The maximum Gasteiger partial charge on any atom is 0.267 e. The highest BCUT2D eigenvalue weighted by Crippen LogP contribution is 2.37. The maximum atomic E-state index is 13.8.